The molecule has 1 aliphatic heterocycles. The van der Waals surface area contributed by atoms with E-state index in [-0.39, 0.29) is 29.1 Å². The Bertz CT molecular complexity index is 1090. The normalized spacial score (nSPS) is 17.7. The molecule has 0 unspecified atom stereocenters. The van der Waals surface area contributed by atoms with E-state index in [0.29, 0.717) is 12.0 Å². The van der Waals surface area contributed by atoms with Gasteiger partial charge in [-0.3, -0.25) is 29.8 Å². The van der Waals surface area contributed by atoms with Crippen molar-refractivity contribution in [3.8, 4) is 0 Å². The van der Waals surface area contributed by atoms with Crippen molar-refractivity contribution in [3.63, 3.8) is 0 Å². The van der Waals surface area contributed by atoms with Crippen molar-refractivity contribution in [2.75, 3.05) is 6.54 Å². The maximum atomic E-state index is 12.8. The number of likely N-dealkylation sites (tertiary alicyclic amines) is 1. The van der Waals surface area contributed by atoms with Crippen LogP contribution < -0.4 is 0 Å². The van der Waals surface area contributed by atoms with Crippen LogP contribution in [0.25, 0.3) is 5.76 Å². The van der Waals surface area contributed by atoms with Crippen molar-refractivity contribution in [3.05, 3.63) is 85.5 Å². The van der Waals surface area contributed by atoms with Crippen LogP contribution in [0.4, 0.5) is 11.4 Å². The Balaban J connectivity index is 2.17. The highest BCUT2D eigenvalue weighted by Crippen LogP contribution is 2.40. The van der Waals surface area contributed by atoms with Crippen LogP contribution in [0.15, 0.2) is 54.1 Å². The molecule has 3 rings (SSSR count). The third kappa shape index (κ3) is 4.13. The van der Waals surface area contributed by atoms with Gasteiger partial charge in [0.05, 0.1) is 21.5 Å². The van der Waals surface area contributed by atoms with Gasteiger partial charge in [0.1, 0.15) is 5.76 Å². The van der Waals surface area contributed by atoms with Gasteiger partial charge in [0.15, 0.2) is 0 Å². The fraction of sp³-hybridized carbons (Fsp3) is 0.238. The number of Topliss-reactive ketones (excluding diaryl/α,β-unsaturated/α-hetero) is 1. The van der Waals surface area contributed by atoms with Crippen LogP contribution in [0, 0.1) is 20.2 Å². The molecule has 0 saturated carbocycles. The van der Waals surface area contributed by atoms with Gasteiger partial charge >= 0.3 is 0 Å². The summed E-state index contributed by atoms with van der Waals surface area (Å²) in [5.41, 5.74) is -0.193. The van der Waals surface area contributed by atoms with Gasteiger partial charge < -0.3 is 10.0 Å². The molecule has 1 amide bonds. The molecule has 1 aliphatic rings. The van der Waals surface area contributed by atoms with Gasteiger partial charge in [-0.2, -0.15) is 0 Å². The highest BCUT2D eigenvalue weighted by Gasteiger charge is 2.46. The Hall–Kier alpha value is -4.08. The van der Waals surface area contributed by atoms with Gasteiger partial charge in [-0.25, -0.2) is 0 Å². The Morgan fingerprint density at radius 1 is 1.03 bits per heavy atom. The largest absolute Gasteiger partial charge is 0.507 e. The zero-order valence-electron chi connectivity index (χ0n) is 16.6. The van der Waals surface area contributed by atoms with Gasteiger partial charge in [0.2, 0.25) is 0 Å². The second-order valence-corrected chi connectivity index (χ2v) is 7.00. The Morgan fingerprint density at radius 3 is 2.26 bits per heavy atom. The lowest BCUT2D eigenvalue weighted by Crippen LogP contribution is -2.30. The number of nitrogens with zero attached hydrogens (tertiary/aromatic N) is 3. The topological polar surface area (TPSA) is 144 Å². The zero-order valence-corrected chi connectivity index (χ0v) is 16.6. The number of ketones is 1. The fourth-order valence-electron chi connectivity index (χ4n) is 3.49. The Morgan fingerprint density at radius 2 is 1.68 bits per heavy atom. The van der Waals surface area contributed by atoms with E-state index in [1.165, 1.54) is 47.4 Å². The summed E-state index contributed by atoms with van der Waals surface area (Å²) in [4.78, 5) is 47.7. The van der Waals surface area contributed by atoms with Gasteiger partial charge in [-0.15, -0.1) is 0 Å². The molecule has 2 aromatic carbocycles. The highest BCUT2D eigenvalue weighted by molar-refractivity contribution is 6.46. The number of nitro groups is 2. The lowest BCUT2D eigenvalue weighted by atomic mass is 9.95. The number of rotatable bonds is 7. The van der Waals surface area contributed by atoms with Crippen LogP contribution in [0.1, 0.15) is 36.9 Å². The summed E-state index contributed by atoms with van der Waals surface area (Å²) in [6.07, 6.45) is 1.34. The highest BCUT2D eigenvalue weighted by atomic mass is 16.6. The molecule has 0 aromatic heterocycles. The summed E-state index contributed by atoms with van der Waals surface area (Å²) in [6.45, 7) is 2.14. The number of non-ortho nitro benzene ring substituents is 2. The first kappa shape index (κ1) is 21.6. The van der Waals surface area contributed by atoms with Crippen LogP contribution in [-0.2, 0) is 9.59 Å². The van der Waals surface area contributed by atoms with Gasteiger partial charge in [0.25, 0.3) is 23.1 Å². The SMILES string of the molecule is CCCCN1C(=O)C(=O)/C(=C(/O)c2ccc([N+](=O)[O-])cc2)[C@@H]1c1cccc([N+](=O)[O-])c1. The lowest BCUT2D eigenvalue weighted by molar-refractivity contribution is -0.385. The molecule has 160 valence electrons. The maximum absolute atomic E-state index is 12.8. The van der Waals surface area contributed by atoms with Gasteiger partial charge in [0, 0.05) is 36.4 Å². The third-order valence-corrected chi connectivity index (χ3v) is 5.04. The quantitative estimate of drug-likeness (QED) is 0.234. The number of aliphatic hydroxyl groups is 1. The van der Waals surface area contributed by atoms with Gasteiger partial charge in [-0.1, -0.05) is 25.5 Å². The molecule has 1 N–H and O–H groups in total. The molecule has 0 spiro atoms. The number of aliphatic hydroxyl groups excluding tert-OH is 1. The predicted molar refractivity (Wildman–Crippen MR) is 110 cm³/mol. The van der Waals surface area contributed by atoms with Crippen molar-refractivity contribution < 1.29 is 24.5 Å². The fourth-order valence-corrected chi connectivity index (χ4v) is 3.49. The second kappa shape index (κ2) is 8.74. The molecule has 1 heterocycles. The van der Waals surface area contributed by atoms with Crippen LogP contribution in [0.2, 0.25) is 0 Å². The maximum Gasteiger partial charge on any atom is 0.295 e. The number of hydrogen-bond donors (Lipinski definition) is 1. The first-order valence-corrected chi connectivity index (χ1v) is 9.53. The van der Waals surface area contributed by atoms with E-state index < -0.39 is 33.3 Å². The van der Waals surface area contributed by atoms with Crippen molar-refractivity contribution in [1.29, 1.82) is 0 Å². The van der Waals surface area contributed by atoms with Crippen molar-refractivity contribution >= 4 is 28.8 Å². The molecule has 0 radical (unpaired) electrons. The van der Waals surface area contributed by atoms with Crippen LogP contribution in [-0.4, -0.2) is 38.1 Å². The number of amides is 1. The first-order chi connectivity index (χ1) is 14.8. The number of benzene rings is 2. The molecule has 0 aliphatic carbocycles. The first-order valence-electron chi connectivity index (χ1n) is 9.53. The zero-order chi connectivity index (χ0) is 22.7. The third-order valence-electron chi connectivity index (χ3n) is 5.04. The summed E-state index contributed by atoms with van der Waals surface area (Å²) in [7, 11) is 0. The summed E-state index contributed by atoms with van der Waals surface area (Å²) < 4.78 is 0. The average molecular weight is 425 g/mol. The average Bonchev–Trinajstić information content (AvgIpc) is 3.02. The number of nitro benzene ring substituents is 2. The van der Waals surface area contributed by atoms with Crippen molar-refractivity contribution in [1.82, 2.24) is 4.90 Å². The minimum atomic E-state index is -1.01. The van der Waals surface area contributed by atoms with E-state index in [1.54, 1.807) is 6.07 Å². The van der Waals surface area contributed by atoms with Crippen LogP contribution >= 0.6 is 0 Å². The number of hydrogen-bond acceptors (Lipinski definition) is 7. The molecular formula is C21H19N3O7. The van der Waals surface area contributed by atoms with E-state index in [2.05, 4.69) is 0 Å². The molecule has 1 fully saturated rings. The van der Waals surface area contributed by atoms with Crippen LogP contribution in [0.5, 0.6) is 0 Å². The Labute approximate surface area is 176 Å². The van der Waals surface area contributed by atoms with E-state index >= 15 is 0 Å². The summed E-state index contributed by atoms with van der Waals surface area (Å²) in [5, 5.41) is 33.0. The van der Waals surface area contributed by atoms with E-state index in [4.69, 9.17) is 0 Å². The van der Waals surface area contributed by atoms with Crippen molar-refractivity contribution in [2.45, 2.75) is 25.8 Å². The molecule has 10 heteroatoms. The molecular weight excluding hydrogens is 406 g/mol. The Kier molecular flexibility index (Phi) is 6.10. The smallest absolute Gasteiger partial charge is 0.295 e. The monoisotopic (exact) mass is 425 g/mol. The molecule has 10 nitrogen and oxygen atoms in total. The molecule has 31 heavy (non-hydrogen) atoms. The number of carbonyl (C=O) groups excluding carboxylic acids is 2. The predicted octanol–water partition coefficient (Wildman–Crippen LogP) is 3.72. The molecule has 0 bridgehead atoms. The number of unbranched alkanes of at least 4 members (excludes halogenated alkanes) is 1. The molecule has 1 atom stereocenters. The van der Waals surface area contributed by atoms with Crippen LogP contribution in [0.3, 0.4) is 0 Å². The minimum Gasteiger partial charge on any atom is -0.507 e. The van der Waals surface area contributed by atoms with Gasteiger partial charge in [-0.05, 0) is 24.1 Å². The molecule has 2 aromatic rings. The lowest BCUT2D eigenvalue weighted by Gasteiger charge is -2.25. The standard InChI is InChI=1S/C21H19N3O7/c1-2-3-11-22-18(14-5-4-6-16(12-14)24(30)31)17(20(26)21(22)27)19(25)13-7-9-15(10-8-13)23(28)29/h4-10,12,18,25H,2-3,11H2,1H3/b19-17+/t18-/m0/s1. The summed E-state index contributed by atoms with van der Waals surface area (Å²) in [6, 6.07) is 9.42. The second-order valence-electron chi connectivity index (χ2n) is 7.00. The molecule has 1 saturated heterocycles. The van der Waals surface area contributed by atoms with E-state index in [0.717, 1.165) is 6.42 Å². The minimum absolute atomic E-state index is 0.120. The van der Waals surface area contributed by atoms with E-state index in [9.17, 15) is 34.9 Å². The van der Waals surface area contributed by atoms with E-state index in [1.807, 2.05) is 6.92 Å². The van der Waals surface area contributed by atoms with Crippen molar-refractivity contribution in [2.24, 2.45) is 0 Å². The summed E-state index contributed by atoms with van der Waals surface area (Å²) >= 11 is 0. The summed E-state index contributed by atoms with van der Waals surface area (Å²) in [5.74, 6) is -2.22. The number of carbonyl (C=O) groups is 2.